The molecular formula is C24H34N4O6S2. The molecule has 2 aromatic rings. The number of phenols is 1. The van der Waals surface area contributed by atoms with Gasteiger partial charge in [-0.3, -0.25) is 4.72 Å². The molecule has 2 aromatic carbocycles. The highest BCUT2D eigenvalue weighted by atomic mass is 32.2. The van der Waals surface area contributed by atoms with Crippen LogP contribution in [0.4, 0.5) is 11.4 Å². The molecule has 0 bridgehead atoms. The lowest BCUT2D eigenvalue weighted by Crippen LogP contribution is -2.43. The highest BCUT2D eigenvalue weighted by Gasteiger charge is 2.25. The third-order valence-corrected chi connectivity index (χ3v) is 8.60. The Bertz CT molecular complexity index is 1260. The van der Waals surface area contributed by atoms with Crippen LogP contribution in [-0.2, 0) is 20.0 Å². The number of sulfonamides is 2. The van der Waals surface area contributed by atoms with Crippen molar-refractivity contribution in [3.05, 3.63) is 48.0 Å². The Balaban J connectivity index is 1.25. The summed E-state index contributed by atoms with van der Waals surface area (Å²) in [6, 6.07) is 11.5. The fraction of sp³-hybridized carbons (Fsp3) is 0.500. The van der Waals surface area contributed by atoms with Crippen molar-refractivity contribution in [3.8, 4) is 5.75 Å². The van der Waals surface area contributed by atoms with E-state index in [0.717, 1.165) is 50.7 Å². The largest absolute Gasteiger partial charge is 0.506 e. The Hall–Kier alpha value is -2.38. The van der Waals surface area contributed by atoms with E-state index in [1.165, 1.54) is 12.1 Å². The molecular weight excluding hydrogens is 504 g/mol. The highest BCUT2D eigenvalue weighted by molar-refractivity contribution is 7.92. The van der Waals surface area contributed by atoms with Gasteiger partial charge in [-0.15, -0.1) is 0 Å². The number of rotatable bonds is 11. The number of hydrogen-bond donors (Lipinski definition) is 5. The predicted octanol–water partition coefficient (Wildman–Crippen LogP) is 1.74. The molecule has 1 aliphatic heterocycles. The summed E-state index contributed by atoms with van der Waals surface area (Å²) < 4.78 is 52.7. The summed E-state index contributed by atoms with van der Waals surface area (Å²) >= 11 is 0. The molecule has 1 saturated heterocycles. The second-order valence-corrected chi connectivity index (χ2v) is 13.1. The highest BCUT2D eigenvalue weighted by Crippen LogP contribution is 2.29. The van der Waals surface area contributed by atoms with Crippen LogP contribution in [0, 0.1) is 5.92 Å². The molecule has 0 radical (unpaired) electrons. The van der Waals surface area contributed by atoms with Crippen molar-refractivity contribution in [2.24, 2.45) is 5.92 Å². The number of aliphatic hydroxyl groups is 1. The van der Waals surface area contributed by atoms with Crippen molar-refractivity contribution in [2.45, 2.75) is 42.7 Å². The van der Waals surface area contributed by atoms with Crippen LogP contribution in [0.3, 0.4) is 0 Å². The van der Waals surface area contributed by atoms with Gasteiger partial charge in [-0.2, -0.15) is 0 Å². The number of piperidine rings is 1. The number of nitrogens with one attached hydrogen (secondary N) is 3. The van der Waals surface area contributed by atoms with Gasteiger partial charge in [0.1, 0.15) is 5.75 Å². The first-order valence-corrected chi connectivity index (χ1v) is 15.4. The van der Waals surface area contributed by atoms with E-state index in [1.807, 2.05) is 12.1 Å². The fourth-order valence-electron chi connectivity index (χ4n) is 4.25. The summed E-state index contributed by atoms with van der Waals surface area (Å²) in [5.74, 6) is 0.266. The van der Waals surface area contributed by atoms with Crippen LogP contribution in [0.1, 0.15) is 37.4 Å². The maximum absolute atomic E-state index is 12.4. The van der Waals surface area contributed by atoms with E-state index >= 15 is 0 Å². The summed E-state index contributed by atoms with van der Waals surface area (Å²) in [5.41, 5.74) is 1.50. The number of phenolic OH excluding ortho intramolecular Hbond substituents is 1. The summed E-state index contributed by atoms with van der Waals surface area (Å²) in [5, 5.41) is 23.8. The molecule has 0 unspecified atom stereocenters. The van der Waals surface area contributed by atoms with Crippen molar-refractivity contribution in [1.29, 1.82) is 0 Å². The quantitative estimate of drug-likeness (QED) is 0.272. The van der Waals surface area contributed by atoms with Crippen LogP contribution in [0.5, 0.6) is 5.75 Å². The van der Waals surface area contributed by atoms with Crippen LogP contribution in [0.2, 0.25) is 0 Å². The lowest BCUT2D eigenvalue weighted by atomic mass is 10.0. The van der Waals surface area contributed by atoms with E-state index in [1.54, 1.807) is 18.2 Å². The zero-order valence-electron chi connectivity index (χ0n) is 20.2. The van der Waals surface area contributed by atoms with Crippen molar-refractivity contribution >= 4 is 31.4 Å². The zero-order chi connectivity index (χ0) is 25.9. The lowest BCUT2D eigenvalue weighted by Gasteiger charge is -2.34. The molecule has 1 aliphatic carbocycles. The fourth-order valence-corrected chi connectivity index (χ4v) is 5.93. The summed E-state index contributed by atoms with van der Waals surface area (Å²) in [6.45, 7) is 2.38. The Morgan fingerprint density at radius 3 is 2.28 bits per heavy atom. The molecule has 12 heteroatoms. The normalized spacial score (nSPS) is 18.2. The summed E-state index contributed by atoms with van der Waals surface area (Å²) in [6.07, 6.45) is 4.01. The smallest absolute Gasteiger partial charge is 0.240 e. The Morgan fingerprint density at radius 1 is 1.00 bits per heavy atom. The number of aliphatic hydroxyl groups excluding tert-OH is 1. The number of aromatic hydroxyl groups is 1. The first kappa shape index (κ1) is 26.7. The van der Waals surface area contributed by atoms with Crippen LogP contribution < -0.4 is 19.7 Å². The van der Waals surface area contributed by atoms with E-state index in [9.17, 15) is 27.0 Å². The monoisotopic (exact) mass is 538 g/mol. The second kappa shape index (κ2) is 10.9. The number of nitrogens with zero attached hydrogens (tertiary/aromatic N) is 1. The van der Waals surface area contributed by atoms with Crippen molar-refractivity contribution in [3.63, 3.8) is 0 Å². The maximum atomic E-state index is 12.4. The molecule has 0 spiro atoms. The topological polar surface area (TPSA) is 148 Å². The van der Waals surface area contributed by atoms with E-state index < -0.39 is 26.2 Å². The molecule has 0 amide bonds. The van der Waals surface area contributed by atoms with Gasteiger partial charge >= 0.3 is 0 Å². The van der Waals surface area contributed by atoms with Gasteiger partial charge in [0, 0.05) is 37.9 Å². The minimum Gasteiger partial charge on any atom is -0.506 e. The van der Waals surface area contributed by atoms with Crippen molar-refractivity contribution in [2.75, 3.05) is 42.1 Å². The second-order valence-electron chi connectivity index (χ2n) is 9.63. The Kier molecular flexibility index (Phi) is 8.10. The van der Waals surface area contributed by atoms with Gasteiger partial charge in [0.25, 0.3) is 0 Å². The molecule has 2 aliphatic rings. The van der Waals surface area contributed by atoms with Gasteiger partial charge < -0.3 is 20.4 Å². The first-order valence-electron chi connectivity index (χ1n) is 12.1. The maximum Gasteiger partial charge on any atom is 0.240 e. The average Bonchev–Trinajstić information content (AvgIpc) is 3.67. The van der Waals surface area contributed by atoms with Gasteiger partial charge in [0.05, 0.1) is 22.9 Å². The average molecular weight is 539 g/mol. The Morgan fingerprint density at radius 2 is 1.67 bits per heavy atom. The van der Waals surface area contributed by atoms with Crippen LogP contribution in [0.15, 0.2) is 47.4 Å². The SMILES string of the molecule is CS(=O)(=O)Nc1cc([C@@H](O)CNC2CCN(c3ccc(S(=O)(=O)NCC4CC4)cc3)CC2)ccc1O. The van der Waals surface area contributed by atoms with Gasteiger partial charge in [0.15, 0.2) is 0 Å². The number of hydrogen-bond acceptors (Lipinski definition) is 8. The Labute approximate surface area is 212 Å². The molecule has 1 atom stereocenters. The van der Waals surface area contributed by atoms with Gasteiger partial charge in [-0.25, -0.2) is 21.6 Å². The van der Waals surface area contributed by atoms with E-state index in [0.29, 0.717) is 18.0 Å². The third kappa shape index (κ3) is 7.32. The molecule has 1 heterocycles. The number of anilines is 2. The predicted molar refractivity (Wildman–Crippen MR) is 139 cm³/mol. The molecule has 1 saturated carbocycles. The first-order chi connectivity index (χ1) is 17.0. The van der Waals surface area contributed by atoms with Crippen molar-refractivity contribution in [1.82, 2.24) is 10.0 Å². The van der Waals surface area contributed by atoms with Gasteiger partial charge in [-0.05, 0) is 73.6 Å². The molecule has 4 rings (SSSR count). The molecule has 0 aromatic heterocycles. The van der Waals surface area contributed by atoms with Crippen LogP contribution in [0.25, 0.3) is 0 Å². The molecule has 5 N–H and O–H groups in total. The van der Waals surface area contributed by atoms with E-state index in [2.05, 4.69) is 19.7 Å². The van der Waals surface area contributed by atoms with Crippen LogP contribution >= 0.6 is 0 Å². The minimum absolute atomic E-state index is 0.0277. The summed E-state index contributed by atoms with van der Waals surface area (Å²) in [7, 11) is -7.03. The van der Waals surface area contributed by atoms with E-state index in [-0.39, 0.29) is 28.9 Å². The molecule has 36 heavy (non-hydrogen) atoms. The zero-order valence-corrected chi connectivity index (χ0v) is 21.9. The summed E-state index contributed by atoms with van der Waals surface area (Å²) in [4.78, 5) is 2.49. The van der Waals surface area contributed by atoms with Gasteiger partial charge in [0.2, 0.25) is 20.0 Å². The number of benzene rings is 2. The molecule has 198 valence electrons. The molecule has 10 nitrogen and oxygen atoms in total. The van der Waals surface area contributed by atoms with E-state index in [4.69, 9.17) is 0 Å². The van der Waals surface area contributed by atoms with Crippen LogP contribution in [-0.4, -0.2) is 65.5 Å². The lowest BCUT2D eigenvalue weighted by molar-refractivity contribution is 0.167. The third-order valence-electron chi connectivity index (χ3n) is 6.57. The molecule has 2 fully saturated rings. The standard InChI is InChI=1S/C24H34N4O6S2/c1-35(31,32)27-22-14-18(4-9-23(22)29)24(30)16-25-19-10-12-28(13-11-19)20-5-7-21(8-6-20)36(33,34)26-15-17-2-3-17/h4-9,14,17,19,24-27,29-30H,2-3,10-13,15-16H2,1H3/t24-/m0/s1. The van der Waals surface area contributed by atoms with Crippen molar-refractivity contribution < 1.29 is 27.0 Å². The minimum atomic E-state index is -3.56. The van der Waals surface area contributed by atoms with Gasteiger partial charge in [-0.1, -0.05) is 6.07 Å².